The molecule has 0 radical (unpaired) electrons. The highest BCUT2D eigenvalue weighted by molar-refractivity contribution is 6.31. The number of nitrogens with one attached hydrogen (secondary N) is 1. The van der Waals surface area contributed by atoms with Crippen molar-refractivity contribution in [2.75, 3.05) is 16.8 Å². The molecule has 0 spiro atoms. The van der Waals surface area contributed by atoms with E-state index in [4.69, 9.17) is 11.6 Å². The minimum absolute atomic E-state index is 0.00503. The van der Waals surface area contributed by atoms with Crippen molar-refractivity contribution in [1.29, 1.82) is 5.26 Å². The van der Waals surface area contributed by atoms with Crippen molar-refractivity contribution in [2.24, 2.45) is 11.8 Å². The number of rotatable bonds is 6. The van der Waals surface area contributed by atoms with Crippen LogP contribution in [0.25, 0.3) is 11.3 Å². The number of fused-ring (bicyclic) bond motifs is 1. The number of aryl methyl sites for hydroxylation is 1. The van der Waals surface area contributed by atoms with Gasteiger partial charge < -0.3 is 5.32 Å². The van der Waals surface area contributed by atoms with Crippen LogP contribution in [0, 0.1) is 48.6 Å². The summed E-state index contributed by atoms with van der Waals surface area (Å²) in [7, 11) is 0. The van der Waals surface area contributed by atoms with Crippen molar-refractivity contribution >= 4 is 34.9 Å². The van der Waals surface area contributed by atoms with Crippen LogP contribution in [-0.4, -0.2) is 43.1 Å². The highest BCUT2D eigenvalue weighted by Crippen LogP contribution is 2.47. The molecule has 10 nitrogen and oxygen atoms in total. The van der Waals surface area contributed by atoms with Crippen molar-refractivity contribution in [3.05, 3.63) is 81.7 Å². The molecule has 6 rings (SSSR count). The Morgan fingerprint density at radius 1 is 1.19 bits per heavy atom. The molecule has 3 atom stereocenters. The maximum Gasteiger partial charge on any atom is 0.276 e. The summed E-state index contributed by atoms with van der Waals surface area (Å²) < 4.78 is 31.7. The Kier molecular flexibility index (Phi) is 6.69. The van der Waals surface area contributed by atoms with E-state index in [2.05, 4.69) is 25.4 Å². The fourth-order valence-electron chi connectivity index (χ4n) is 5.28. The molecule has 13 heteroatoms. The summed E-state index contributed by atoms with van der Waals surface area (Å²) in [5.41, 5.74) is 1.28. The average Bonchev–Trinajstić information content (AvgIpc) is 3.47. The summed E-state index contributed by atoms with van der Waals surface area (Å²) in [4.78, 5) is 39.8. The number of benzene rings is 1. The molecule has 42 heavy (non-hydrogen) atoms. The third-order valence-corrected chi connectivity index (χ3v) is 8.10. The number of aromatic nitrogens is 5. The Bertz CT molecular complexity index is 1840. The number of amides is 2. The average molecular weight is 589 g/mol. The zero-order valence-corrected chi connectivity index (χ0v) is 23.4. The molecule has 1 N–H and O–H groups in total. The molecule has 0 bridgehead atoms. The molecule has 4 aromatic rings. The van der Waals surface area contributed by atoms with Crippen molar-refractivity contribution in [1.82, 2.24) is 24.7 Å². The van der Waals surface area contributed by atoms with Gasteiger partial charge in [0.2, 0.25) is 5.91 Å². The van der Waals surface area contributed by atoms with E-state index < -0.39 is 23.6 Å². The van der Waals surface area contributed by atoms with Gasteiger partial charge in [0, 0.05) is 30.4 Å². The number of nitrogens with zero attached hydrogens (tertiary/aromatic N) is 7. The van der Waals surface area contributed by atoms with Crippen LogP contribution in [-0.2, 0) is 4.79 Å². The van der Waals surface area contributed by atoms with Crippen LogP contribution in [0.5, 0.6) is 0 Å². The number of anilines is 2. The summed E-state index contributed by atoms with van der Waals surface area (Å²) >= 11 is 5.91. The quantitative estimate of drug-likeness (QED) is 0.335. The van der Waals surface area contributed by atoms with Gasteiger partial charge in [0.05, 0.1) is 57.7 Å². The van der Waals surface area contributed by atoms with Gasteiger partial charge in [-0.3, -0.25) is 24.2 Å². The van der Waals surface area contributed by atoms with E-state index in [0.717, 1.165) is 6.42 Å². The van der Waals surface area contributed by atoms with Gasteiger partial charge in [-0.25, -0.2) is 18.7 Å². The van der Waals surface area contributed by atoms with Crippen LogP contribution in [0.2, 0.25) is 5.02 Å². The van der Waals surface area contributed by atoms with E-state index in [1.807, 2.05) is 13.0 Å². The predicted molar refractivity (Wildman–Crippen MR) is 149 cm³/mol. The van der Waals surface area contributed by atoms with Gasteiger partial charge in [-0.05, 0) is 50.8 Å². The molecular weight excluding hydrogens is 566 g/mol. The van der Waals surface area contributed by atoms with Gasteiger partial charge in [-0.15, -0.1) is 0 Å². The second-order valence-electron chi connectivity index (χ2n) is 10.5. The topological polar surface area (TPSA) is 130 Å². The second kappa shape index (κ2) is 10.3. The minimum Gasteiger partial charge on any atom is -0.318 e. The summed E-state index contributed by atoms with van der Waals surface area (Å²) in [6, 6.07) is 4.08. The number of hydrogen-bond acceptors (Lipinski definition) is 7. The third-order valence-electron chi connectivity index (χ3n) is 7.81. The van der Waals surface area contributed by atoms with Gasteiger partial charge in [-0.2, -0.15) is 10.4 Å². The Morgan fingerprint density at radius 3 is 2.69 bits per heavy atom. The van der Waals surface area contributed by atoms with Crippen LogP contribution in [0.4, 0.5) is 20.3 Å². The van der Waals surface area contributed by atoms with Crippen LogP contribution in [0.1, 0.15) is 52.3 Å². The Balaban J connectivity index is 1.22. The van der Waals surface area contributed by atoms with Gasteiger partial charge in [-0.1, -0.05) is 11.6 Å². The fraction of sp³-hybridized carbons (Fsp3) is 0.276. The molecule has 1 aliphatic heterocycles. The zero-order valence-electron chi connectivity index (χ0n) is 22.7. The number of nitriles is 1. The van der Waals surface area contributed by atoms with Crippen molar-refractivity contribution in [3.63, 3.8) is 0 Å². The van der Waals surface area contributed by atoms with Crippen LogP contribution >= 0.6 is 11.6 Å². The number of pyridine rings is 1. The molecule has 1 aromatic carbocycles. The first-order valence-corrected chi connectivity index (χ1v) is 13.5. The third kappa shape index (κ3) is 4.55. The first-order chi connectivity index (χ1) is 20.1. The Labute approximate surface area is 244 Å². The lowest BCUT2D eigenvalue weighted by Gasteiger charge is -2.21. The molecule has 2 fully saturated rings. The molecule has 2 amide bonds. The molecule has 212 valence electrons. The standard InChI is InChI=1S/C29H23ClF2N8O2/c1-13-20(9-35-27(24(13)31)39-11-17-6-19(17)29(39)42)15(3)40-12-18(8-36-40)37-28(41)26-14(2)34-10-22(38-26)23-16(7-33)4-5-21(30)25(23)32/h4-5,8-10,12,15,17,19H,6,11H2,1-3H3,(H,37,41)/t15-,17-,19-/m1/s1. The number of carbonyl (C=O) groups excluding carboxylic acids is 2. The van der Waals surface area contributed by atoms with Crippen molar-refractivity contribution in [2.45, 2.75) is 33.2 Å². The van der Waals surface area contributed by atoms with Gasteiger partial charge in [0.15, 0.2) is 17.5 Å². The number of carbonyl (C=O) groups is 2. The van der Waals surface area contributed by atoms with Gasteiger partial charge in [0.1, 0.15) is 5.69 Å². The van der Waals surface area contributed by atoms with Crippen molar-refractivity contribution in [3.8, 4) is 17.3 Å². The Morgan fingerprint density at radius 2 is 1.98 bits per heavy atom. The largest absolute Gasteiger partial charge is 0.318 e. The van der Waals surface area contributed by atoms with Gasteiger partial charge >= 0.3 is 0 Å². The minimum atomic E-state index is -0.839. The molecule has 4 heterocycles. The maximum atomic E-state index is 15.4. The zero-order chi connectivity index (χ0) is 29.9. The first-order valence-electron chi connectivity index (χ1n) is 13.1. The lowest BCUT2D eigenvalue weighted by molar-refractivity contribution is -0.118. The van der Waals surface area contributed by atoms with E-state index in [1.165, 1.54) is 29.4 Å². The molecule has 1 aliphatic carbocycles. The summed E-state index contributed by atoms with van der Waals surface area (Å²) in [5.74, 6) is -1.75. The van der Waals surface area contributed by atoms with E-state index in [0.29, 0.717) is 29.3 Å². The molecular formula is C29H23ClF2N8O2. The van der Waals surface area contributed by atoms with Crippen LogP contribution in [0.3, 0.4) is 0 Å². The lowest BCUT2D eigenvalue weighted by Crippen LogP contribution is -2.30. The van der Waals surface area contributed by atoms with E-state index >= 15 is 4.39 Å². The number of piperidine rings is 1. The lowest BCUT2D eigenvalue weighted by atomic mass is 10.0. The highest BCUT2D eigenvalue weighted by atomic mass is 35.5. The number of halogens is 3. The highest BCUT2D eigenvalue weighted by Gasteiger charge is 2.53. The van der Waals surface area contributed by atoms with E-state index in [1.54, 1.807) is 30.9 Å². The molecule has 2 aliphatic rings. The molecule has 3 aromatic heterocycles. The monoisotopic (exact) mass is 588 g/mol. The number of hydrogen-bond donors (Lipinski definition) is 1. The fourth-order valence-corrected chi connectivity index (χ4v) is 5.44. The van der Waals surface area contributed by atoms with E-state index in [-0.39, 0.29) is 50.9 Å². The first kappa shape index (κ1) is 27.4. The normalized spacial score (nSPS) is 18.0. The van der Waals surface area contributed by atoms with Gasteiger partial charge in [0.25, 0.3) is 5.91 Å². The maximum absolute atomic E-state index is 15.4. The van der Waals surface area contributed by atoms with Crippen LogP contribution < -0.4 is 10.2 Å². The summed E-state index contributed by atoms with van der Waals surface area (Å²) in [5, 5.41) is 16.3. The van der Waals surface area contributed by atoms with Crippen LogP contribution in [0.15, 0.2) is 36.9 Å². The molecule has 1 saturated carbocycles. The SMILES string of the molecule is Cc1ncc(-c2c(C#N)ccc(Cl)c2F)nc1C(=O)Nc1cnn([C@H](C)c2cnc(N3C[C@H]4C[C@H]4C3=O)c(F)c2C)c1. The second-order valence-corrected chi connectivity index (χ2v) is 10.9. The smallest absolute Gasteiger partial charge is 0.276 e. The predicted octanol–water partition coefficient (Wildman–Crippen LogP) is 5.00. The molecule has 1 saturated heterocycles. The van der Waals surface area contributed by atoms with Crippen molar-refractivity contribution < 1.29 is 18.4 Å². The summed E-state index contributed by atoms with van der Waals surface area (Å²) in [6.45, 7) is 5.51. The molecule has 0 unspecified atom stereocenters. The Hall–Kier alpha value is -4.76. The summed E-state index contributed by atoms with van der Waals surface area (Å²) in [6.07, 6.45) is 6.68. The van der Waals surface area contributed by atoms with E-state index in [9.17, 15) is 19.2 Å².